The molecule has 0 saturated heterocycles. The highest BCUT2D eigenvalue weighted by Gasteiger charge is 2.20. The minimum atomic E-state index is 0.669. The first-order chi connectivity index (χ1) is 9.92. The summed E-state index contributed by atoms with van der Waals surface area (Å²) in [5.41, 5.74) is 4.17. The molecule has 20 heavy (non-hydrogen) atoms. The predicted octanol–water partition coefficient (Wildman–Crippen LogP) is 3.07. The Morgan fingerprint density at radius 2 is 1.90 bits per heavy atom. The molecule has 3 aromatic rings. The van der Waals surface area contributed by atoms with Crippen LogP contribution in [0.4, 0.5) is 11.7 Å². The van der Waals surface area contributed by atoms with Crippen molar-refractivity contribution >= 4 is 22.8 Å². The van der Waals surface area contributed by atoms with Crippen LogP contribution in [-0.2, 0) is 6.54 Å². The molecule has 1 aromatic heterocycles. The van der Waals surface area contributed by atoms with E-state index in [4.69, 9.17) is 4.42 Å². The molecule has 1 aliphatic rings. The van der Waals surface area contributed by atoms with E-state index in [0.29, 0.717) is 6.01 Å². The van der Waals surface area contributed by atoms with Gasteiger partial charge in [0, 0.05) is 25.3 Å². The van der Waals surface area contributed by atoms with E-state index < -0.39 is 0 Å². The second-order valence-corrected chi connectivity index (χ2v) is 4.92. The number of hydrogen-bond donors (Lipinski definition) is 1. The molecule has 4 nitrogen and oxygen atoms in total. The molecular weight excluding hydrogens is 250 g/mol. The normalized spacial score (nSPS) is 15.1. The van der Waals surface area contributed by atoms with Gasteiger partial charge >= 0.3 is 6.01 Å². The van der Waals surface area contributed by atoms with Crippen molar-refractivity contribution in [2.75, 3.05) is 18.0 Å². The summed E-state index contributed by atoms with van der Waals surface area (Å²) >= 11 is 0. The van der Waals surface area contributed by atoms with Crippen molar-refractivity contribution in [2.24, 2.45) is 0 Å². The summed E-state index contributed by atoms with van der Waals surface area (Å²) in [5, 5.41) is 3.43. The van der Waals surface area contributed by atoms with Gasteiger partial charge in [-0.15, -0.1) is 0 Å². The number of oxazole rings is 1. The summed E-state index contributed by atoms with van der Waals surface area (Å²) in [6.45, 7) is 2.64. The highest BCUT2D eigenvalue weighted by Crippen LogP contribution is 2.31. The number of hydrogen-bond acceptors (Lipinski definition) is 4. The molecule has 0 fully saturated rings. The fourth-order valence-electron chi connectivity index (χ4n) is 2.63. The second kappa shape index (κ2) is 4.65. The first kappa shape index (κ1) is 11.5. The maximum absolute atomic E-state index is 5.91. The molecule has 0 unspecified atom stereocenters. The monoisotopic (exact) mass is 265 g/mol. The first-order valence-corrected chi connectivity index (χ1v) is 6.83. The van der Waals surface area contributed by atoms with E-state index in [1.165, 1.54) is 11.3 Å². The van der Waals surface area contributed by atoms with Gasteiger partial charge in [0.05, 0.1) is 0 Å². The smallest absolute Gasteiger partial charge is 0.303 e. The molecule has 4 heteroatoms. The van der Waals surface area contributed by atoms with Crippen molar-refractivity contribution in [1.82, 2.24) is 10.3 Å². The van der Waals surface area contributed by atoms with Gasteiger partial charge < -0.3 is 9.73 Å². The van der Waals surface area contributed by atoms with Gasteiger partial charge in [-0.05, 0) is 23.8 Å². The number of para-hydroxylation sites is 3. The van der Waals surface area contributed by atoms with Gasteiger partial charge in [-0.25, -0.2) is 0 Å². The topological polar surface area (TPSA) is 41.3 Å². The molecule has 0 saturated carbocycles. The average Bonchev–Trinajstić information content (AvgIpc) is 2.80. The van der Waals surface area contributed by atoms with Gasteiger partial charge in [0.25, 0.3) is 0 Å². The van der Waals surface area contributed by atoms with Gasteiger partial charge in [-0.3, -0.25) is 4.90 Å². The van der Waals surface area contributed by atoms with E-state index >= 15 is 0 Å². The third-order valence-corrected chi connectivity index (χ3v) is 3.62. The predicted molar refractivity (Wildman–Crippen MR) is 79.2 cm³/mol. The summed E-state index contributed by atoms with van der Waals surface area (Å²) in [6, 6.07) is 16.9. The maximum Gasteiger partial charge on any atom is 0.303 e. The Balaban J connectivity index is 1.84. The molecule has 0 aliphatic carbocycles. The van der Waals surface area contributed by atoms with Crippen molar-refractivity contribution in [1.29, 1.82) is 0 Å². The Kier molecular flexibility index (Phi) is 2.67. The zero-order chi connectivity index (χ0) is 13.4. The standard InChI is InChI=1S/C16H15N3O/c1-3-7-14-12(5-1)11-17-9-10-19(14)16-18-13-6-2-4-8-15(13)20-16/h1-8,17H,9-11H2. The molecule has 0 radical (unpaired) electrons. The quantitative estimate of drug-likeness (QED) is 0.734. The lowest BCUT2D eigenvalue weighted by Crippen LogP contribution is -2.24. The zero-order valence-electron chi connectivity index (χ0n) is 11.0. The van der Waals surface area contributed by atoms with Gasteiger partial charge in [0.1, 0.15) is 5.52 Å². The first-order valence-electron chi connectivity index (χ1n) is 6.83. The number of anilines is 2. The largest absolute Gasteiger partial charge is 0.423 e. The number of nitrogens with zero attached hydrogens (tertiary/aromatic N) is 2. The Hall–Kier alpha value is -2.33. The highest BCUT2D eigenvalue weighted by atomic mass is 16.4. The average molecular weight is 265 g/mol. The molecule has 4 rings (SSSR count). The third kappa shape index (κ3) is 1.85. The molecule has 100 valence electrons. The molecule has 1 N–H and O–H groups in total. The summed E-state index contributed by atoms with van der Waals surface area (Å²) in [4.78, 5) is 6.76. The molecule has 2 heterocycles. The number of rotatable bonds is 1. The zero-order valence-corrected chi connectivity index (χ0v) is 11.0. The minimum Gasteiger partial charge on any atom is -0.423 e. The molecule has 1 aliphatic heterocycles. The number of benzene rings is 2. The lowest BCUT2D eigenvalue weighted by atomic mass is 10.1. The van der Waals surface area contributed by atoms with E-state index in [9.17, 15) is 0 Å². The molecule has 0 atom stereocenters. The van der Waals surface area contributed by atoms with E-state index in [0.717, 1.165) is 30.7 Å². The van der Waals surface area contributed by atoms with E-state index in [2.05, 4.69) is 39.5 Å². The van der Waals surface area contributed by atoms with Crippen LogP contribution in [0.25, 0.3) is 11.1 Å². The second-order valence-electron chi connectivity index (χ2n) is 4.92. The minimum absolute atomic E-state index is 0.669. The van der Waals surface area contributed by atoms with Crippen molar-refractivity contribution in [3.63, 3.8) is 0 Å². The van der Waals surface area contributed by atoms with E-state index in [-0.39, 0.29) is 0 Å². The Bertz CT molecular complexity index is 717. The number of aromatic nitrogens is 1. The molecule has 0 spiro atoms. The summed E-state index contributed by atoms with van der Waals surface area (Å²) < 4.78 is 5.91. The van der Waals surface area contributed by atoms with Crippen LogP contribution in [0.2, 0.25) is 0 Å². The van der Waals surface area contributed by atoms with E-state index in [1.807, 2.05) is 24.3 Å². The van der Waals surface area contributed by atoms with Crippen LogP contribution in [0.5, 0.6) is 0 Å². The van der Waals surface area contributed by atoms with Gasteiger partial charge in [0.15, 0.2) is 5.58 Å². The fraction of sp³-hybridized carbons (Fsp3) is 0.188. The lowest BCUT2D eigenvalue weighted by molar-refractivity contribution is 0.588. The van der Waals surface area contributed by atoms with Gasteiger partial charge in [-0.2, -0.15) is 4.98 Å². The summed E-state index contributed by atoms with van der Waals surface area (Å²) in [5.74, 6) is 0. The summed E-state index contributed by atoms with van der Waals surface area (Å²) in [6.07, 6.45) is 0. The van der Waals surface area contributed by atoms with Crippen LogP contribution in [0.1, 0.15) is 5.56 Å². The van der Waals surface area contributed by atoms with Crippen LogP contribution in [-0.4, -0.2) is 18.1 Å². The van der Waals surface area contributed by atoms with E-state index in [1.54, 1.807) is 0 Å². The van der Waals surface area contributed by atoms with Crippen LogP contribution in [0.3, 0.4) is 0 Å². The van der Waals surface area contributed by atoms with Crippen LogP contribution in [0, 0.1) is 0 Å². The fourth-order valence-corrected chi connectivity index (χ4v) is 2.63. The Labute approximate surface area is 117 Å². The van der Waals surface area contributed by atoms with Crippen molar-refractivity contribution in [2.45, 2.75) is 6.54 Å². The number of nitrogens with one attached hydrogen (secondary N) is 1. The van der Waals surface area contributed by atoms with Crippen LogP contribution < -0.4 is 10.2 Å². The molecule has 0 amide bonds. The lowest BCUT2D eigenvalue weighted by Gasteiger charge is -2.19. The molecule has 2 aromatic carbocycles. The summed E-state index contributed by atoms with van der Waals surface area (Å²) in [7, 11) is 0. The molecule has 0 bridgehead atoms. The van der Waals surface area contributed by atoms with Gasteiger partial charge in [-0.1, -0.05) is 30.3 Å². The Morgan fingerprint density at radius 3 is 2.85 bits per heavy atom. The maximum atomic E-state index is 5.91. The van der Waals surface area contributed by atoms with Gasteiger partial charge in [0.2, 0.25) is 0 Å². The highest BCUT2D eigenvalue weighted by molar-refractivity contribution is 5.76. The number of fused-ring (bicyclic) bond motifs is 2. The SMILES string of the molecule is c1ccc2c(c1)CNCCN2c1nc2ccccc2o1. The molecular formula is C16H15N3O. The van der Waals surface area contributed by atoms with Crippen LogP contribution in [0.15, 0.2) is 52.9 Å². The Morgan fingerprint density at radius 1 is 1.05 bits per heavy atom. The third-order valence-electron chi connectivity index (χ3n) is 3.62. The van der Waals surface area contributed by atoms with Crippen molar-refractivity contribution < 1.29 is 4.42 Å². The van der Waals surface area contributed by atoms with Crippen molar-refractivity contribution in [3.8, 4) is 0 Å². The van der Waals surface area contributed by atoms with Crippen LogP contribution >= 0.6 is 0 Å². The van der Waals surface area contributed by atoms with Crippen molar-refractivity contribution in [3.05, 3.63) is 54.1 Å².